The molecule has 0 fully saturated rings. The lowest BCUT2D eigenvalue weighted by Gasteiger charge is -2.18. The Kier molecular flexibility index (Phi) is 50.0. The van der Waals surface area contributed by atoms with Crippen molar-refractivity contribution in [1.82, 2.24) is 0 Å². The van der Waals surface area contributed by atoms with Crippen LogP contribution in [0.4, 0.5) is 0 Å². The van der Waals surface area contributed by atoms with Gasteiger partial charge in [0.05, 0.1) is 0 Å². The van der Waals surface area contributed by atoms with E-state index in [2.05, 4.69) is 69.4 Å². The number of hydrogen-bond acceptors (Lipinski definition) is 6. The number of hydrogen-bond donors (Lipinski definition) is 0. The Morgan fingerprint density at radius 1 is 0.338 bits per heavy atom. The lowest BCUT2D eigenvalue weighted by molar-refractivity contribution is -0.167. The second kappa shape index (κ2) is 52.9. The number of carbonyl (C=O) groups is 3. The first-order valence-corrected chi connectivity index (χ1v) is 26.8. The van der Waals surface area contributed by atoms with Gasteiger partial charge in [0.1, 0.15) is 13.2 Å². The molecule has 0 amide bonds. The Labute approximate surface area is 400 Å². The average Bonchev–Trinajstić information content (AvgIpc) is 3.30. The van der Waals surface area contributed by atoms with Crippen LogP contribution in [0.15, 0.2) is 97.2 Å². The van der Waals surface area contributed by atoms with Crippen molar-refractivity contribution in [3.63, 3.8) is 0 Å². The van der Waals surface area contributed by atoms with Gasteiger partial charge in [0.25, 0.3) is 0 Å². The van der Waals surface area contributed by atoms with Gasteiger partial charge >= 0.3 is 17.9 Å². The van der Waals surface area contributed by atoms with E-state index in [0.717, 1.165) is 64.2 Å². The Bertz CT molecular complexity index is 1310. The first kappa shape index (κ1) is 61.3. The zero-order chi connectivity index (χ0) is 47.2. The fourth-order valence-corrected chi connectivity index (χ4v) is 7.18. The van der Waals surface area contributed by atoms with Crippen molar-refractivity contribution in [3.05, 3.63) is 97.2 Å². The molecule has 0 aliphatic rings. The van der Waals surface area contributed by atoms with Gasteiger partial charge in [-0.15, -0.1) is 0 Å². The van der Waals surface area contributed by atoms with Crippen LogP contribution >= 0.6 is 0 Å². The Hall–Kier alpha value is -3.67. The highest BCUT2D eigenvalue weighted by Gasteiger charge is 2.19. The van der Waals surface area contributed by atoms with Gasteiger partial charge in [-0.2, -0.15) is 0 Å². The summed E-state index contributed by atoms with van der Waals surface area (Å²) in [5, 5.41) is 0. The number of allylic oxidation sites excluding steroid dienone is 16. The third-order valence-corrected chi connectivity index (χ3v) is 11.2. The predicted molar refractivity (Wildman–Crippen MR) is 279 cm³/mol. The van der Waals surface area contributed by atoms with Crippen LogP contribution in [0.25, 0.3) is 0 Å². The molecule has 0 radical (unpaired) electrons. The highest BCUT2D eigenvalue weighted by molar-refractivity contribution is 5.71. The molecule has 6 nitrogen and oxygen atoms in total. The van der Waals surface area contributed by atoms with E-state index in [9.17, 15) is 14.4 Å². The molecule has 0 aliphatic carbocycles. The minimum atomic E-state index is -0.819. The van der Waals surface area contributed by atoms with Crippen LogP contribution in [0.5, 0.6) is 0 Å². The Morgan fingerprint density at radius 2 is 0.677 bits per heavy atom. The van der Waals surface area contributed by atoms with Gasteiger partial charge in [-0.1, -0.05) is 246 Å². The third kappa shape index (κ3) is 51.2. The minimum Gasteiger partial charge on any atom is -0.462 e. The van der Waals surface area contributed by atoms with Crippen LogP contribution in [0.2, 0.25) is 0 Å². The molecule has 0 saturated heterocycles. The SMILES string of the molecule is CC\C=C/C=C\C=C/C=C\C=C/CCCCCC(=O)OC(COC(=O)CCC/C=C\C/C=C\C/C=C\CCCCCCCC)COC(=O)CCCCCCCCCCCCCCCCC. The molecule has 1 unspecified atom stereocenters. The van der Waals surface area contributed by atoms with Gasteiger partial charge in [-0.05, 0) is 70.6 Å². The maximum absolute atomic E-state index is 12.8. The molecule has 1 atom stereocenters. The van der Waals surface area contributed by atoms with Gasteiger partial charge < -0.3 is 14.2 Å². The van der Waals surface area contributed by atoms with Gasteiger partial charge in [0, 0.05) is 19.3 Å². The number of esters is 3. The topological polar surface area (TPSA) is 78.9 Å². The predicted octanol–water partition coefficient (Wildman–Crippen LogP) is 17.8. The standard InChI is InChI=1S/C59H98O6/c1-4-7-10-13-16-19-22-25-28-29-32-34-37-40-43-46-49-52-58(61)64-55-56(65-59(62)53-50-47-44-41-38-35-31-27-24-21-18-15-12-9-6-3)54-63-57(60)51-48-45-42-39-36-33-30-26-23-20-17-14-11-8-5-2/h9,12,15,18,21,24-25,27-28,31-32,34-35,38,40,43,56H,4-8,10-11,13-14,16-17,19-20,22-23,26,29-30,33,36-37,39,41-42,44-55H2,1-3H3/b12-9-,18-15-,24-21-,28-25-,31-27-,34-32-,38-35-,43-40-. The van der Waals surface area contributed by atoms with Gasteiger partial charge in [0.15, 0.2) is 6.10 Å². The van der Waals surface area contributed by atoms with Crippen molar-refractivity contribution in [2.75, 3.05) is 13.2 Å². The van der Waals surface area contributed by atoms with Crippen LogP contribution < -0.4 is 0 Å². The zero-order valence-corrected chi connectivity index (χ0v) is 42.2. The van der Waals surface area contributed by atoms with Crippen molar-refractivity contribution in [3.8, 4) is 0 Å². The smallest absolute Gasteiger partial charge is 0.306 e. The normalized spacial score (nSPS) is 12.8. The third-order valence-electron chi connectivity index (χ3n) is 11.2. The van der Waals surface area contributed by atoms with Crippen molar-refractivity contribution in [2.24, 2.45) is 0 Å². The molecule has 0 aromatic carbocycles. The second-order valence-electron chi connectivity index (χ2n) is 17.5. The zero-order valence-electron chi connectivity index (χ0n) is 42.2. The largest absolute Gasteiger partial charge is 0.462 e. The number of ether oxygens (including phenoxy) is 3. The summed E-state index contributed by atoms with van der Waals surface area (Å²) >= 11 is 0. The summed E-state index contributed by atoms with van der Waals surface area (Å²) in [7, 11) is 0. The van der Waals surface area contributed by atoms with Crippen molar-refractivity contribution in [2.45, 2.75) is 245 Å². The summed E-state index contributed by atoms with van der Waals surface area (Å²) in [6, 6.07) is 0. The Balaban J connectivity index is 4.53. The Morgan fingerprint density at radius 3 is 1.15 bits per heavy atom. The quantitative estimate of drug-likeness (QED) is 0.0199. The second-order valence-corrected chi connectivity index (χ2v) is 17.5. The molecule has 0 saturated carbocycles. The fourth-order valence-electron chi connectivity index (χ4n) is 7.18. The highest BCUT2D eigenvalue weighted by atomic mass is 16.6. The molecule has 65 heavy (non-hydrogen) atoms. The van der Waals surface area contributed by atoms with E-state index in [1.54, 1.807) is 0 Å². The van der Waals surface area contributed by atoms with Gasteiger partial charge in [-0.3, -0.25) is 14.4 Å². The molecule has 370 valence electrons. The molecule has 0 aliphatic heterocycles. The first-order valence-electron chi connectivity index (χ1n) is 26.8. The molecule has 6 heteroatoms. The van der Waals surface area contributed by atoms with Gasteiger partial charge in [-0.25, -0.2) is 0 Å². The van der Waals surface area contributed by atoms with Crippen molar-refractivity contribution < 1.29 is 28.6 Å². The number of rotatable bonds is 47. The minimum absolute atomic E-state index is 0.110. The van der Waals surface area contributed by atoms with E-state index in [4.69, 9.17) is 14.2 Å². The summed E-state index contributed by atoms with van der Waals surface area (Å²) < 4.78 is 16.7. The highest BCUT2D eigenvalue weighted by Crippen LogP contribution is 2.15. The lowest BCUT2D eigenvalue weighted by atomic mass is 10.0. The van der Waals surface area contributed by atoms with Crippen LogP contribution in [-0.2, 0) is 28.6 Å². The maximum Gasteiger partial charge on any atom is 0.306 e. The monoisotopic (exact) mass is 903 g/mol. The van der Waals surface area contributed by atoms with E-state index in [-0.39, 0.29) is 44.0 Å². The van der Waals surface area contributed by atoms with E-state index >= 15 is 0 Å². The number of unbranched alkanes of at least 4 members (excludes halogenated alkanes) is 24. The summed E-state index contributed by atoms with van der Waals surface area (Å²) in [5.41, 5.74) is 0. The summed E-state index contributed by atoms with van der Waals surface area (Å²) in [6.45, 7) is 6.41. The average molecular weight is 903 g/mol. The van der Waals surface area contributed by atoms with E-state index in [1.165, 1.54) is 122 Å². The molecule has 0 bridgehead atoms. The van der Waals surface area contributed by atoms with Crippen LogP contribution in [0.1, 0.15) is 239 Å². The molecule has 0 aromatic heterocycles. The first-order chi connectivity index (χ1) is 32.0. The van der Waals surface area contributed by atoms with Crippen molar-refractivity contribution in [1.29, 1.82) is 0 Å². The van der Waals surface area contributed by atoms with Gasteiger partial charge in [0.2, 0.25) is 0 Å². The summed E-state index contributed by atoms with van der Waals surface area (Å²) in [6.07, 6.45) is 69.7. The van der Waals surface area contributed by atoms with Crippen molar-refractivity contribution >= 4 is 17.9 Å². The summed E-state index contributed by atoms with van der Waals surface area (Å²) in [5.74, 6) is -1.01. The van der Waals surface area contributed by atoms with E-state index < -0.39 is 6.10 Å². The van der Waals surface area contributed by atoms with E-state index in [0.29, 0.717) is 19.3 Å². The molecule has 0 N–H and O–H groups in total. The van der Waals surface area contributed by atoms with Crippen LogP contribution in [-0.4, -0.2) is 37.2 Å². The lowest BCUT2D eigenvalue weighted by Crippen LogP contribution is -2.30. The molecule has 0 rings (SSSR count). The molecular weight excluding hydrogens is 805 g/mol. The molecule has 0 heterocycles. The van der Waals surface area contributed by atoms with Crippen LogP contribution in [0, 0.1) is 0 Å². The molecule has 0 spiro atoms. The number of carbonyl (C=O) groups excluding carboxylic acids is 3. The summed E-state index contributed by atoms with van der Waals surface area (Å²) in [4.78, 5) is 38.0. The molecular formula is C59H98O6. The fraction of sp³-hybridized carbons (Fsp3) is 0.678. The molecule has 0 aromatic rings. The van der Waals surface area contributed by atoms with E-state index in [1.807, 2.05) is 48.6 Å². The maximum atomic E-state index is 12.8. The van der Waals surface area contributed by atoms with Crippen LogP contribution in [0.3, 0.4) is 0 Å².